The number of urea groups is 1. The number of rotatable bonds is 2. The molecule has 1 aliphatic heterocycles. The normalized spacial score (nSPS) is 16.0. The highest BCUT2D eigenvalue weighted by Gasteiger charge is 2.23. The van der Waals surface area contributed by atoms with Gasteiger partial charge in [0.2, 0.25) is 0 Å². The van der Waals surface area contributed by atoms with Crippen LogP contribution in [0.4, 0.5) is 4.79 Å². The van der Waals surface area contributed by atoms with Gasteiger partial charge in [-0.2, -0.15) is 0 Å². The Kier molecular flexibility index (Phi) is 3.50. The van der Waals surface area contributed by atoms with Crippen molar-refractivity contribution in [2.75, 3.05) is 0 Å². The molecule has 1 fully saturated rings. The van der Waals surface area contributed by atoms with Gasteiger partial charge < -0.3 is 9.88 Å². The number of aromatic nitrogens is 1. The van der Waals surface area contributed by atoms with E-state index in [9.17, 15) is 9.59 Å². The smallest absolute Gasteiger partial charge is 0.318 e. The minimum Gasteiger partial charge on any atom is -0.318 e. The molecule has 112 valence electrons. The first-order chi connectivity index (χ1) is 10.5. The van der Waals surface area contributed by atoms with Crippen LogP contribution in [0.5, 0.6) is 0 Å². The molecule has 3 amide bonds. The molecule has 0 atom stereocenters. The number of nitrogens with one attached hydrogen (secondary N) is 2. The molecule has 6 heteroatoms. The maximum absolute atomic E-state index is 11.6. The molecule has 0 spiro atoms. The largest absolute Gasteiger partial charge is 0.326 e. The van der Waals surface area contributed by atoms with E-state index in [0.717, 1.165) is 22.6 Å². The van der Waals surface area contributed by atoms with Gasteiger partial charge in [-0.1, -0.05) is 11.6 Å². The second-order valence-corrected chi connectivity index (χ2v) is 5.54. The summed E-state index contributed by atoms with van der Waals surface area (Å²) in [6, 6.07) is 9.00. The summed E-state index contributed by atoms with van der Waals surface area (Å²) < 4.78 is 2.07. The predicted molar refractivity (Wildman–Crippen MR) is 84.9 cm³/mol. The number of imide groups is 1. The number of carbonyl (C=O) groups excluding carboxylic acids is 2. The van der Waals surface area contributed by atoms with Crippen molar-refractivity contribution in [1.82, 2.24) is 15.2 Å². The highest BCUT2D eigenvalue weighted by Crippen LogP contribution is 2.24. The summed E-state index contributed by atoms with van der Waals surface area (Å²) in [6.07, 6.45) is 1.68. The van der Waals surface area contributed by atoms with E-state index >= 15 is 0 Å². The number of aryl methyl sites for hydroxylation is 1. The van der Waals surface area contributed by atoms with E-state index in [1.54, 1.807) is 6.08 Å². The van der Waals surface area contributed by atoms with E-state index in [4.69, 9.17) is 11.6 Å². The number of hydrogen-bond donors (Lipinski definition) is 2. The Morgan fingerprint density at radius 2 is 1.77 bits per heavy atom. The Balaban J connectivity index is 2.04. The van der Waals surface area contributed by atoms with Crippen LogP contribution in [-0.2, 0) is 4.79 Å². The molecule has 22 heavy (non-hydrogen) atoms. The maximum Gasteiger partial charge on any atom is 0.326 e. The first-order valence-electron chi connectivity index (χ1n) is 6.74. The molecular formula is C16H14ClN3O2. The van der Waals surface area contributed by atoms with E-state index < -0.39 is 11.9 Å². The van der Waals surface area contributed by atoms with Gasteiger partial charge in [-0.3, -0.25) is 10.1 Å². The van der Waals surface area contributed by atoms with Crippen molar-refractivity contribution in [2.24, 2.45) is 0 Å². The van der Waals surface area contributed by atoms with Crippen LogP contribution in [0.1, 0.15) is 17.0 Å². The van der Waals surface area contributed by atoms with Gasteiger partial charge in [0, 0.05) is 22.1 Å². The zero-order valence-electron chi connectivity index (χ0n) is 12.1. The molecule has 0 bridgehead atoms. The minimum absolute atomic E-state index is 0.251. The van der Waals surface area contributed by atoms with Crippen LogP contribution in [0.3, 0.4) is 0 Å². The van der Waals surface area contributed by atoms with Crippen LogP contribution in [0, 0.1) is 13.8 Å². The van der Waals surface area contributed by atoms with Gasteiger partial charge in [-0.15, -0.1) is 0 Å². The van der Waals surface area contributed by atoms with Gasteiger partial charge in [0.25, 0.3) is 5.91 Å². The summed E-state index contributed by atoms with van der Waals surface area (Å²) in [5.41, 5.74) is 4.11. The van der Waals surface area contributed by atoms with E-state index in [-0.39, 0.29) is 5.70 Å². The third-order valence-corrected chi connectivity index (χ3v) is 3.83. The Hall–Kier alpha value is -2.53. The molecule has 2 N–H and O–H groups in total. The summed E-state index contributed by atoms with van der Waals surface area (Å²) in [6.45, 7) is 3.94. The fourth-order valence-electron chi connectivity index (χ4n) is 2.56. The summed E-state index contributed by atoms with van der Waals surface area (Å²) in [5.74, 6) is -0.415. The Morgan fingerprint density at radius 1 is 1.09 bits per heavy atom. The van der Waals surface area contributed by atoms with Crippen LogP contribution in [0.15, 0.2) is 36.0 Å². The quantitative estimate of drug-likeness (QED) is 0.661. The van der Waals surface area contributed by atoms with Gasteiger partial charge in [-0.25, -0.2) is 4.79 Å². The number of nitrogens with zero attached hydrogens (tertiary/aromatic N) is 1. The minimum atomic E-state index is -0.497. The van der Waals surface area contributed by atoms with Gasteiger partial charge in [0.1, 0.15) is 5.70 Å². The number of hydrogen-bond acceptors (Lipinski definition) is 2. The van der Waals surface area contributed by atoms with Crippen LogP contribution >= 0.6 is 11.6 Å². The van der Waals surface area contributed by atoms with Crippen molar-refractivity contribution in [2.45, 2.75) is 13.8 Å². The van der Waals surface area contributed by atoms with Crippen molar-refractivity contribution in [3.63, 3.8) is 0 Å². The lowest BCUT2D eigenvalue weighted by Gasteiger charge is -2.09. The SMILES string of the molecule is Cc1cc(/C=C2/NC(=O)NC2=O)c(C)n1-c1ccc(Cl)cc1. The Bertz CT molecular complexity index is 804. The summed E-state index contributed by atoms with van der Waals surface area (Å²) in [5, 5.41) is 5.36. The predicted octanol–water partition coefficient (Wildman–Crippen LogP) is 2.93. The van der Waals surface area contributed by atoms with Gasteiger partial charge in [-0.05, 0) is 55.8 Å². The van der Waals surface area contributed by atoms with Crippen LogP contribution in [0.25, 0.3) is 11.8 Å². The lowest BCUT2D eigenvalue weighted by Crippen LogP contribution is -2.22. The molecular weight excluding hydrogens is 302 g/mol. The van der Waals surface area contributed by atoms with E-state index in [1.807, 2.05) is 44.2 Å². The average Bonchev–Trinajstić information content (AvgIpc) is 2.92. The summed E-state index contributed by atoms with van der Waals surface area (Å²) in [4.78, 5) is 22.8. The second kappa shape index (κ2) is 5.35. The molecule has 1 aromatic heterocycles. The van der Waals surface area contributed by atoms with Crippen molar-refractivity contribution in [3.05, 3.63) is 58.0 Å². The number of benzene rings is 1. The molecule has 1 aromatic carbocycles. The van der Waals surface area contributed by atoms with Crippen molar-refractivity contribution < 1.29 is 9.59 Å². The standard InChI is InChI=1S/C16H14ClN3O2/c1-9-7-11(8-14-15(21)19-16(22)18-14)10(2)20(9)13-5-3-12(17)4-6-13/h3-8H,1-2H3,(H2,18,19,21,22)/b14-8+. The zero-order valence-corrected chi connectivity index (χ0v) is 12.9. The molecule has 2 heterocycles. The van der Waals surface area contributed by atoms with Crippen LogP contribution < -0.4 is 10.6 Å². The Morgan fingerprint density at radius 3 is 2.36 bits per heavy atom. The molecule has 0 aliphatic carbocycles. The fourth-order valence-corrected chi connectivity index (χ4v) is 2.69. The van der Waals surface area contributed by atoms with Gasteiger partial charge in [0.15, 0.2) is 0 Å². The molecule has 0 radical (unpaired) electrons. The van der Waals surface area contributed by atoms with Gasteiger partial charge in [0.05, 0.1) is 0 Å². The first kappa shape index (κ1) is 14.4. The Labute approximate surface area is 132 Å². The molecule has 0 unspecified atom stereocenters. The summed E-state index contributed by atoms with van der Waals surface area (Å²) >= 11 is 5.92. The monoisotopic (exact) mass is 315 g/mol. The molecule has 1 aliphatic rings. The highest BCUT2D eigenvalue weighted by atomic mass is 35.5. The molecule has 1 saturated heterocycles. The second-order valence-electron chi connectivity index (χ2n) is 5.10. The van der Waals surface area contributed by atoms with Crippen molar-refractivity contribution in [1.29, 1.82) is 0 Å². The highest BCUT2D eigenvalue weighted by molar-refractivity contribution is 6.30. The first-order valence-corrected chi connectivity index (χ1v) is 7.12. The molecule has 5 nitrogen and oxygen atoms in total. The third-order valence-electron chi connectivity index (χ3n) is 3.57. The topological polar surface area (TPSA) is 63.1 Å². The fraction of sp³-hybridized carbons (Fsp3) is 0.125. The van der Waals surface area contributed by atoms with E-state index in [2.05, 4.69) is 15.2 Å². The zero-order chi connectivity index (χ0) is 15.9. The lowest BCUT2D eigenvalue weighted by atomic mass is 10.2. The van der Waals surface area contributed by atoms with Crippen molar-refractivity contribution in [3.8, 4) is 5.69 Å². The number of amides is 3. The number of halogens is 1. The average molecular weight is 316 g/mol. The molecule has 3 rings (SSSR count). The maximum atomic E-state index is 11.6. The van der Waals surface area contributed by atoms with E-state index in [0.29, 0.717) is 5.02 Å². The lowest BCUT2D eigenvalue weighted by molar-refractivity contribution is -0.115. The molecule has 0 saturated carbocycles. The number of carbonyl (C=O) groups is 2. The van der Waals surface area contributed by atoms with Crippen LogP contribution in [-0.4, -0.2) is 16.5 Å². The van der Waals surface area contributed by atoms with Crippen LogP contribution in [0.2, 0.25) is 5.02 Å². The van der Waals surface area contributed by atoms with Gasteiger partial charge >= 0.3 is 6.03 Å². The van der Waals surface area contributed by atoms with Crippen molar-refractivity contribution >= 4 is 29.6 Å². The molecule has 2 aromatic rings. The van der Waals surface area contributed by atoms with E-state index in [1.165, 1.54) is 0 Å². The third kappa shape index (κ3) is 2.51. The summed E-state index contributed by atoms with van der Waals surface area (Å²) in [7, 11) is 0.